The van der Waals surface area contributed by atoms with Crippen molar-refractivity contribution in [3.05, 3.63) is 35.6 Å². The van der Waals surface area contributed by atoms with Crippen molar-refractivity contribution >= 4 is 11.9 Å². The van der Waals surface area contributed by atoms with Gasteiger partial charge in [0.1, 0.15) is 11.9 Å². The molecule has 0 spiro atoms. The number of hydrogen-bond acceptors (Lipinski definition) is 4. The maximum atomic E-state index is 14.1. The first-order valence-corrected chi connectivity index (χ1v) is 8.16. The Morgan fingerprint density at radius 3 is 2.33 bits per heavy atom. The summed E-state index contributed by atoms with van der Waals surface area (Å²) >= 11 is 0. The summed E-state index contributed by atoms with van der Waals surface area (Å²) in [7, 11) is 0. The zero-order valence-corrected chi connectivity index (χ0v) is 13.7. The molecular formula is C17H22FN3O3. The molecule has 0 aromatic heterocycles. The van der Waals surface area contributed by atoms with Crippen molar-refractivity contribution in [3.63, 3.8) is 0 Å². The second kappa shape index (κ2) is 6.14. The molecule has 130 valence electrons. The van der Waals surface area contributed by atoms with Crippen LogP contribution in [0.1, 0.15) is 32.3 Å². The summed E-state index contributed by atoms with van der Waals surface area (Å²) in [5, 5.41) is 12.2. The maximum absolute atomic E-state index is 14.1. The SMILES string of the molecule is CC1NNC(C)C1C(NC(=O)C1(c2ccccc2F)CC1)C(=O)O. The third-order valence-electron chi connectivity index (χ3n) is 5.20. The van der Waals surface area contributed by atoms with E-state index in [4.69, 9.17) is 0 Å². The molecule has 3 unspecified atom stereocenters. The van der Waals surface area contributed by atoms with Gasteiger partial charge in [-0.3, -0.25) is 15.6 Å². The Labute approximate surface area is 139 Å². The Balaban J connectivity index is 1.82. The van der Waals surface area contributed by atoms with Crippen LogP contribution in [0.15, 0.2) is 24.3 Å². The number of halogens is 1. The van der Waals surface area contributed by atoms with Crippen molar-refractivity contribution in [3.8, 4) is 0 Å². The van der Waals surface area contributed by atoms with Gasteiger partial charge >= 0.3 is 5.97 Å². The second-order valence-electron chi connectivity index (χ2n) is 6.79. The first-order valence-electron chi connectivity index (χ1n) is 8.16. The highest BCUT2D eigenvalue weighted by atomic mass is 19.1. The summed E-state index contributed by atoms with van der Waals surface area (Å²) in [4.78, 5) is 24.5. The van der Waals surface area contributed by atoms with E-state index in [9.17, 15) is 19.1 Å². The van der Waals surface area contributed by atoms with Gasteiger partial charge < -0.3 is 10.4 Å². The smallest absolute Gasteiger partial charge is 0.326 e. The largest absolute Gasteiger partial charge is 0.480 e. The number of amides is 1. The van der Waals surface area contributed by atoms with Crippen LogP contribution < -0.4 is 16.2 Å². The lowest BCUT2D eigenvalue weighted by molar-refractivity contribution is -0.144. The molecule has 7 heteroatoms. The lowest BCUT2D eigenvalue weighted by atomic mass is 9.87. The zero-order valence-electron chi connectivity index (χ0n) is 13.7. The average Bonchev–Trinajstić information content (AvgIpc) is 3.27. The van der Waals surface area contributed by atoms with E-state index in [0.29, 0.717) is 18.4 Å². The van der Waals surface area contributed by atoms with E-state index in [-0.39, 0.29) is 18.0 Å². The van der Waals surface area contributed by atoms with Crippen LogP contribution in [0.5, 0.6) is 0 Å². The minimum Gasteiger partial charge on any atom is -0.480 e. The molecule has 1 heterocycles. The summed E-state index contributed by atoms with van der Waals surface area (Å²) in [6, 6.07) is 4.94. The molecule has 6 nitrogen and oxygen atoms in total. The number of carboxylic acids is 1. The van der Waals surface area contributed by atoms with E-state index in [1.165, 1.54) is 6.07 Å². The topological polar surface area (TPSA) is 90.5 Å². The van der Waals surface area contributed by atoms with Crippen LogP contribution >= 0.6 is 0 Å². The van der Waals surface area contributed by atoms with E-state index in [0.717, 1.165) is 0 Å². The minimum absolute atomic E-state index is 0.106. The molecule has 4 N–H and O–H groups in total. The van der Waals surface area contributed by atoms with Gasteiger partial charge in [0.05, 0.1) is 5.41 Å². The number of hydrogen-bond donors (Lipinski definition) is 4. The molecule has 2 fully saturated rings. The fourth-order valence-electron chi connectivity index (χ4n) is 3.66. The highest BCUT2D eigenvalue weighted by Crippen LogP contribution is 2.49. The summed E-state index contributed by atoms with van der Waals surface area (Å²) in [6.45, 7) is 3.74. The Morgan fingerprint density at radius 1 is 1.25 bits per heavy atom. The van der Waals surface area contributed by atoms with Crippen molar-refractivity contribution < 1.29 is 19.1 Å². The molecule has 1 aromatic carbocycles. The van der Waals surface area contributed by atoms with E-state index in [2.05, 4.69) is 16.2 Å². The zero-order chi connectivity index (χ0) is 17.5. The number of hydrazine groups is 1. The van der Waals surface area contributed by atoms with Crippen LogP contribution in [-0.4, -0.2) is 35.1 Å². The lowest BCUT2D eigenvalue weighted by Gasteiger charge is -2.28. The fraction of sp³-hybridized carbons (Fsp3) is 0.529. The second-order valence-corrected chi connectivity index (χ2v) is 6.79. The number of benzene rings is 1. The van der Waals surface area contributed by atoms with E-state index in [1.807, 2.05) is 13.8 Å². The van der Waals surface area contributed by atoms with Gasteiger partial charge in [0.25, 0.3) is 0 Å². The fourth-order valence-corrected chi connectivity index (χ4v) is 3.66. The molecule has 0 bridgehead atoms. The summed E-state index contributed by atoms with van der Waals surface area (Å²) in [5.41, 5.74) is 5.40. The van der Waals surface area contributed by atoms with Gasteiger partial charge in [0.2, 0.25) is 5.91 Å². The van der Waals surface area contributed by atoms with Crippen molar-refractivity contribution in [2.45, 2.75) is 50.2 Å². The monoisotopic (exact) mass is 335 g/mol. The van der Waals surface area contributed by atoms with Gasteiger partial charge in [0, 0.05) is 23.6 Å². The lowest BCUT2D eigenvalue weighted by Crippen LogP contribution is -2.53. The highest BCUT2D eigenvalue weighted by Gasteiger charge is 2.54. The molecule has 3 atom stereocenters. The van der Waals surface area contributed by atoms with Crippen molar-refractivity contribution in [2.24, 2.45) is 5.92 Å². The third-order valence-corrected chi connectivity index (χ3v) is 5.20. The normalized spacial score (nSPS) is 29.0. The first-order chi connectivity index (χ1) is 11.4. The van der Waals surface area contributed by atoms with Crippen LogP contribution in [0, 0.1) is 11.7 Å². The number of nitrogens with one attached hydrogen (secondary N) is 3. The van der Waals surface area contributed by atoms with Crippen LogP contribution in [0.4, 0.5) is 4.39 Å². The number of carbonyl (C=O) groups excluding carboxylic acids is 1. The Morgan fingerprint density at radius 2 is 1.83 bits per heavy atom. The Kier molecular flexibility index (Phi) is 4.31. The molecule has 1 aliphatic carbocycles. The van der Waals surface area contributed by atoms with Crippen LogP contribution in [0.2, 0.25) is 0 Å². The van der Waals surface area contributed by atoms with E-state index >= 15 is 0 Å². The Hall–Kier alpha value is -1.99. The number of carbonyl (C=O) groups is 2. The molecule has 1 aliphatic heterocycles. The maximum Gasteiger partial charge on any atom is 0.326 e. The van der Waals surface area contributed by atoms with Gasteiger partial charge in [-0.05, 0) is 32.8 Å². The standard InChI is InChI=1S/C17H22FN3O3/c1-9-13(10(2)21-20-9)14(15(22)23)19-16(24)17(7-8-17)11-5-3-4-6-12(11)18/h3-6,9-10,13-14,20-21H,7-8H2,1-2H3,(H,19,24)(H,22,23). The van der Waals surface area contributed by atoms with Gasteiger partial charge in [-0.25, -0.2) is 9.18 Å². The quantitative estimate of drug-likeness (QED) is 0.643. The van der Waals surface area contributed by atoms with E-state index < -0.39 is 29.2 Å². The predicted molar refractivity (Wildman–Crippen MR) is 85.6 cm³/mol. The van der Waals surface area contributed by atoms with Crippen molar-refractivity contribution in [2.75, 3.05) is 0 Å². The number of rotatable bonds is 5. The van der Waals surface area contributed by atoms with E-state index in [1.54, 1.807) is 18.2 Å². The van der Waals surface area contributed by atoms with Gasteiger partial charge in [-0.1, -0.05) is 18.2 Å². The van der Waals surface area contributed by atoms with Crippen LogP contribution in [0.25, 0.3) is 0 Å². The molecule has 2 aliphatic rings. The van der Waals surface area contributed by atoms with Crippen molar-refractivity contribution in [1.82, 2.24) is 16.2 Å². The van der Waals surface area contributed by atoms with Crippen LogP contribution in [-0.2, 0) is 15.0 Å². The molecule has 1 amide bonds. The molecule has 1 aromatic rings. The average molecular weight is 335 g/mol. The summed E-state index contributed by atoms with van der Waals surface area (Å²) in [5.74, 6) is -2.22. The number of aliphatic carboxylic acids is 1. The molecule has 0 radical (unpaired) electrons. The predicted octanol–water partition coefficient (Wildman–Crippen LogP) is 0.928. The van der Waals surface area contributed by atoms with Gasteiger partial charge in [-0.2, -0.15) is 0 Å². The molecule has 3 rings (SSSR count). The molecular weight excluding hydrogens is 313 g/mol. The first kappa shape index (κ1) is 16.9. The Bertz CT molecular complexity index is 652. The molecule has 1 saturated heterocycles. The minimum atomic E-state index is -1.08. The van der Waals surface area contributed by atoms with Gasteiger partial charge in [0.15, 0.2) is 0 Å². The third kappa shape index (κ3) is 2.78. The highest BCUT2D eigenvalue weighted by molar-refractivity contribution is 5.94. The van der Waals surface area contributed by atoms with Crippen molar-refractivity contribution in [1.29, 1.82) is 0 Å². The van der Waals surface area contributed by atoms with Crippen LogP contribution in [0.3, 0.4) is 0 Å². The molecule has 24 heavy (non-hydrogen) atoms. The summed E-state index contributed by atoms with van der Waals surface area (Å²) < 4.78 is 14.1. The number of carboxylic acid groups (broad SMARTS) is 1. The van der Waals surface area contributed by atoms with Gasteiger partial charge in [-0.15, -0.1) is 0 Å². The molecule has 1 saturated carbocycles. The summed E-state index contributed by atoms with van der Waals surface area (Å²) in [6.07, 6.45) is 1.05.